The van der Waals surface area contributed by atoms with E-state index in [9.17, 15) is 4.79 Å². The van der Waals surface area contributed by atoms with Crippen molar-refractivity contribution in [3.05, 3.63) is 119 Å². The number of anilines is 1. The fraction of sp³-hybridized carbons (Fsp3) is 0.258. The lowest BCUT2D eigenvalue weighted by molar-refractivity contribution is 0.0805. The van der Waals surface area contributed by atoms with Crippen molar-refractivity contribution in [2.24, 2.45) is 4.99 Å². The summed E-state index contributed by atoms with van der Waals surface area (Å²) in [7, 11) is 0. The monoisotopic (exact) mass is 489 g/mol. The van der Waals surface area contributed by atoms with E-state index in [0.717, 1.165) is 30.6 Å². The fourth-order valence-electron chi connectivity index (χ4n) is 5.36. The molecule has 1 atom stereocenters. The number of aliphatic imine (C=N–C) groups is 1. The van der Waals surface area contributed by atoms with Crippen LogP contribution in [0.4, 0.5) is 5.82 Å². The number of hydrogen-bond donors (Lipinski definition) is 0. The van der Waals surface area contributed by atoms with Crippen molar-refractivity contribution in [2.45, 2.75) is 45.3 Å². The van der Waals surface area contributed by atoms with Crippen molar-refractivity contribution >= 4 is 17.7 Å². The van der Waals surface area contributed by atoms with Crippen molar-refractivity contribution in [1.29, 1.82) is 0 Å². The zero-order valence-corrected chi connectivity index (χ0v) is 21.3. The van der Waals surface area contributed by atoms with E-state index in [4.69, 9.17) is 9.98 Å². The number of rotatable bonds is 7. The van der Waals surface area contributed by atoms with E-state index in [2.05, 4.69) is 70.1 Å². The highest BCUT2D eigenvalue weighted by Crippen LogP contribution is 2.35. The molecule has 0 N–H and O–H groups in total. The standard InChI is InChI=1S/C31H31N5O/c1-22(2)36-30(37)28-29(35-21-26(32-31(35)36)18-23-12-6-3-7-13-23)34(20-25-16-10-5-11-17-25)27(33-28)19-24-14-8-4-9-15-24/h3-17,22,26H,18-21H2,1-2H3/t26-/m1/s1. The van der Waals surface area contributed by atoms with Gasteiger partial charge in [-0.25, -0.2) is 9.98 Å². The first-order valence-electron chi connectivity index (χ1n) is 13.0. The maximum atomic E-state index is 13.9. The van der Waals surface area contributed by atoms with Gasteiger partial charge in [0.25, 0.3) is 5.91 Å². The molecule has 0 saturated carbocycles. The van der Waals surface area contributed by atoms with E-state index < -0.39 is 0 Å². The number of nitrogens with zero attached hydrogens (tertiary/aromatic N) is 5. The Kier molecular flexibility index (Phi) is 6.08. The van der Waals surface area contributed by atoms with E-state index in [1.54, 1.807) is 0 Å². The molecule has 37 heavy (non-hydrogen) atoms. The average Bonchev–Trinajstić information content (AvgIpc) is 3.47. The van der Waals surface area contributed by atoms with Crippen molar-refractivity contribution in [3.8, 4) is 0 Å². The average molecular weight is 490 g/mol. The molecule has 2 aliphatic heterocycles. The van der Waals surface area contributed by atoms with Crippen LogP contribution in [0.1, 0.15) is 46.9 Å². The SMILES string of the molecule is CC(C)N1C(=O)c2nc(Cc3ccccc3)n(Cc3ccccc3)c2N2C[C@@H](Cc3ccccc3)N=C21. The Morgan fingerprint density at radius 3 is 2.05 bits per heavy atom. The Morgan fingerprint density at radius 1 is 0.838 bits per heavy atom. The number of carbonyl (C=O) groups is 1. The number of imidazole rings is 1. The number of amides is 1. The number of hydrogen-bond acceptors (Lipinski definition) is 4. The van der Waals surface area contributed by atoms with Gasteiger partial charge in [-0.1, -0.05) is 91.0 Å². The molecule has 0 saturated heterocycles. The predicted molar refractivity (Wildman–Crippen MR) is 147 cm³/mol. The number of guanidine groups is 1. The van der Waals surface area contributed by atoms with Crippen LogP contribution >= 0.6 is 0 Å². The van der Waals surface area contributed by atoms with Crippen LogP contribution in [0.2, 0.25) is 0 Å². The molecule has 0 spiro atoms. The summed E-state index contributed by atoms with van der Waals surface area (Å²) >= 11 is 0. The summed E-state index contributed by atoms with van der Waals surface area (Å²) in [5.74, 6) is 2.44. The van der Waals surface area contributed by atoms with Crippen LogP contribution in [0, 0.1) is 0 Å². The molecule has 6 nitrogen and oxygen atoms in total. The number of carbonyl (C=O) groups excluding carboxylic acids is 1. The normalized spacial score (nSPS) is 16.7. The molecule has 6 rings (SSSR count). The third-order valence-corrected chi connectivity index (χ3v) is 7.06. The molecule has 0 unspecified atom stereocenters. The Hall–Kier alpha value is -4.19. The van der Waals surface area contributed by atoms with Gasteiger partial charge in [0.2, 0.25) is 5.96 Å². The molecular formula is C31H31N5O. The number of benzene rings is 3. The first-order valence-corrected chi connectivity index (χ1v) is 13.0. The molecule has 0 fully saturated rings. The second kappa shape index (κ2) is 9.69. The first-order chi connectivity index (χ1) is 18.1. The van der Waals surface area contributed by atoms with E-state index >= 15 is 0 Å². The summed E-state index contributed by atoms with van der Waals surface area (Å²) in [6.07, 6.45) is 1.49. The zero-order chi connectivity index (χ0) is 25.4. The van der Waals surface area contributed by atoms with Crippen LogP contribution in [-0.2, 0) is 19.4 Å². The Balaban J connectivity index is 1.45. The summed E-state index contributed by atoms with van der Waals surface area (Å²) in [4.78, 5) is 28.0. The number of aromatic nitrogens is 2. The predicted octanol–water partition coefficient (Wildman–Crippen LogP) is 5.17. The van der Waals surface area contributed by atoms with Gasteiger partial charge in [0.05, 0.1) is 19.1 Å². The van der Waals surface area contributed by atoms with Gasteiger partial charge >= 0.3 is 0 Å². The molecule has 2 aliphatic rings. The third kappa shape index (κ3) is 4.44. The number of fused-ring (bicyclic) bond motifs is 3. The summed E-state index contributed by atoms with van der Waals surface area (Å²) in [5, 5.41) is 0. The highest BCUT2D eigenvalue weighted by atomic mass is 16.2. The molecule has 3 aromatic carbocycles. The van der Waals surface area contributed by atoms with Gasteiger partial charge in [-0.3, -0.25) is 14.6 Å². The van der Waals surface area contributed by atoms with Crippen LogP contribution in [0.3, 0.4) is 0 Å². The van der Waals surface area contributed by atoms with Crippen molar-refractivity contribution in [3.63, 3.8) is 0 Å². The molecule has 3 heterocycles. The van der Waals surface area contributed by atoms with Crippen LogP contribution in [0.5, 0.6) is 0 Å². The molecule has 0 bridgehead atoms. The molecule has 0 aliphatic carbocycles. The van der Waals surface area contributed by atoms with E-state index in [1.807, 2.05) is 49.1 Å². The maximum absolute atomic E-state index is 13.9. The van der Waals surface area contributed by atoms with Gasteiger partial charge in [0.15, 0.2) is 5.69 Å². The second-order valence-electron chi connectivity index (χ2n) is 10.1. The summed E-state index contributed by atoms with van der Waals surface area (Å²) in [5.41, 5.74) is 4.12. The summed E-state index contributed by atoms with van der Waals surface area (Å²) < 4.78 is 2.23. The minimum atomic E-state index is -0.0681. The van der Waals surface area contributed by atoms with Crippen molar-refractivity contribution < 1.29 is 4.79 Å². The Morgan fingerprint density at radius 2 is 1.43 bits per heavy atom. The van der Waals surface area contributed by atoms with E-state index in [0.29, 0.717) is 18.7 Å². The quantitative estimate of drug-likeness (QED) is 0.360. The summed E-state index contributed by atoms with van der Waals surface area (Å²) in [6, 6.07) is 31.2. The molecule has 186 valence electrons. The van der Waals surface area contributed by atoms with E-state index in [-0.39, 0.29) is 18.0 Å². The van der Waals surface area contributed by atoms with Crippen molar-refractivity contribution in [1.82, 2.24) is 14.5 Å². The topological polar surface area (TPSA) is 53.7 Å². The third-order valence-electron chi connectivity index (χ3n) is 7.06. The van der Waals surface area contributed by atoms with Gasteiger partial charge < -0.3 is 4.57 Å². The van der Waals surface area contributed by atoms with E-state index in [1.165, 1.54) is 16.7 Å². The van der Waals surface area contributed by atoms with Crippen LogP contribution in [0.15, 0.2) is 96.0 Å². The molecular weight excluding hydrogens is 458 g/mol. The molecule has 0 radical (unpaired) electrons. The maximum Gasteiger partial charge on any atom is 0.283 e. The lowest BCUT2D eigenvalue weighted by Crippen LogP contribution is -2.53. The molecule has 1 amide bonds. The highest BCUT2D eigenvalue weighted by Gasteiger charge is 2.44. The summed E-state index contributed by atoms with van der Waals surface area (Å²) in [6.45, 7) is 5.45. The van der Waals surface area contributed by atoms with Crippen molar-refractivity contribution in [2.75, 3.05) is 11.4 Å². The van der Waals surface area contributed by atoms with Gasteiger partial charge in [0, 0.05) is 12.5 Å². The molecule has 6 heteroatoms. The molecule has 4 aromatic rings. The minimum Gasteiger partial charge on any atom is -0.309 e. The van der Waals surface area contributed by atoms with Crippen LogP contribution < -0.4 is 4.90 Å². The highest BCUT2D eigenvalue weighted by molar-refractivity contribution is 6.18. The van der Waals surface area contributed by atoms with Gasteiger partial charge in [-0.2, -0.15) is 0 Å². The van der Waals surface area contributed by atoms with Gasteiger partial charge in [-0.05, 0) is 37.0 Å². The smallest absolute Gasteiger partial charge is 0.283 e. The largest absolute Gasteiger partial charge is 0.309 e. The Bertz CT molecular complexity index is 1430. The minimum absolute atomic E-state index is 0.0192. The lowest BCUT2D eigenvalue weighted by Gasteiger charge is -2.36. The van der Waals surface area contributed by atoms with Crippen LogP contribution in [0.25, 0.3) is 0 Å². The first kappa shape index (κ1) is 23.2. The lowest BCUT2D eigenvalue weighted by atomic mass is 10.1. The van der Waals surface area contributed by atoms with Gasteiger partial charge in [0.1, 0.15) is 11.6 Å². The molecule has 1 aromatic heterocycles. The fourth-order valence-corrected chi connectivity index (χ4v) is 5.36. The second-order valence-corrected chi connectivity index (χ2v) is 10.1. The van der Waals surface area contributed by atoms with Crippen LogP contribution in [-0.4, -0.2) is 44.9 Å². The van der Waals surface area contributed by atoms with Gasteiger partial charge in [-0.15, -0.1) is 0 Å². The zero-order valence-electron chi connectivity index (χ0n) is 21.3. The Labute approximate surface area is 217 Å².